The molecule has 0 amide bonds. The van der Waals surface area contributed by atoms with Gasteiger partial charge in [0.1, 0.15) is 0 Å². The SMILES string of the molecule is CN=C(NCCOC1CCCCCC1)NCc1ccc(C)s1. The zero-order valence-corrected chi connectivity index (χ0v) is 14.7. The summed E-state index contributed by atoms with van der Waals surface area (Å²) in [6.45, 7) is 4.51. The molecular formula is C17H29N3OS. The van der Waals surface area contributed by atoms with E-state index in [9.17, 15) is 0 Å². The van der Waals surface area contributed by atoms with Crippen molar-refractivity contribution < 1.29 is 4.74 Å². The number of hydrogen-bond donors (Lipinski definition) is 2. The third kappa shape index (κ3) is 6.36. The molecule has 1 aromatic heterocycles. The summed E-state index contributed by atoms with van der Waals surface area (Å²) in [5.41, 5.74) is 0. The number of guanidine groups is 1. The Labute approximate surface area is 138 Å². The van der Waals surface area contributed by atoms with Crippen LogP contribution in [0.5, 0.6) is 0 Å². The molecule has 5 heteroatoms. The normalized spacial score (nSPS) is 17.3. The summed E-state index contributed by atoms with van der Waals surface area (Å²) in [5, 5.41) is 6.66. The molecule has 1 heterocycles. The summed E-state index contributed by atoms with van der Waals surface area (Å²) in [6, 6.07) is 4.31. The second-order valence-corrected chi connectivity index (χ2v) is 7.22. The Morgan fingerprint density at radius 1 is 1.23 bits per heavy atom. The highest BCUT2D eigenvalue weighted by Crippen LogP contribution is 2.19. The molecule has 1 aliphatic carbocycles. The molecule has 0 aliphatic heterocycles. The average Bonchev–Trinajstić information content (AvgIpc) is 2.78. The lowest BCUT2D eigenvalue weighted by Crippen LogP contribution is -2.38. The monoisotopic (exact) mass is 323 g/mol. The fourth-order valence-electron chi connectivity index (χ4n) is 2.78. The van der Waals surface area contributed by atoms with E-state index in [1.165, 1.54) is 48.3 Å². The number of nitrogens with one attached hydrogen (secondary N) is 2. The van der Waals surface area contributed by atoms with Crippen molar-refractivity contribution in [1.29, 1.82) is 0 Å². The maximum absolute atomic E-state index is 5.98. The first kappa shape index (κ1) is 17.3. The average molecular weight is 324 g/mol. The molecule has 1 saturated carbocycles. The Bertz CT molecular complexity index is 451. The van der Waals surface area contributed by atoms with Crippen LogP contribution < -0.4 is 10.6 Å². The zero-order valence-electron chi connectivity index (χ0n) is 13.9. The van der Waals surface area contributed by atoms with Gasteiger partial charge in [0.2, 0.25) is 0 Å². The van der Waals surface area contributed by atoms with Gasteiger partial charge in [-0.2, -0.15) is 0 Å². The molecule has 22 heavy (non-hydrogen) atoms. The van der Waals surface area contributed by atoms with Crippen LogP contribution in [-0.4, -0.2) is 32.3 Å². The van der Waals surface area contributed by atoms with Gasteiger partial charge in [-0.25, -0.2) is 0 Å². The van der Waals surface area contributed by atoms with Crippen LogP contribution in [0.25, 0.3) is 0 Å². The zero-order chi connectivity index (χ0) is 15.6. The van der Waals surface area contributed by atoms with Crippen molar-refractivity contribution in [2.24, 2.45) is 4.99 Å². The summed E-state index contributed by atoms with van der Waals surface area (Å²) in [7, 11) is 1.81. The molecule has 1 aromatic rings. The summed E-state index contributed by atoms with van der Waals surface area (Å²) in [5.74, 6) is 0.843. The Hall–Kier alpha value is -1.07. The van der Waals surface area contributed by atoms with Crippen LogP contribution in [0, 0.1) is 6.92 Å². The fraction of sp³-hybridized carbons (Fsp3) is 0.706. The summed E-state index contributed by atoms with van der Waals surface area (Å²) >= 11 is 1.82. The van der Waals surface area contributed by atoms with E-state index in [2.05, 4.69) is 34.7 Å². The third-order valence-corrected chi connectivity index (χ3v) is 5.00. The largest absolute Gasteiger partial charge is 0.376 e. The second-order valence-electron chi connectivity index (χ2n) is 5.85. The molecule has 1 fully saturated rings. The molecule has 1 aliphatic rings. The van der Waals surface area contributed by atoms with E-state index in [1.807, 2.05) is 11.3 Å². The van der Waals surface area contributed by atoms with Gasteiger partial charge in [0.25, 0.3) is 0 Å². The number of thiophene rings is 1. The molecule has 2 rings (SSSR count). The van der Waals surface area contributed by atoms with E-state index in [0.717, 1.165) is 25.7 Å². The molecular weight excluding hydrogens is 294 g/mol. The Morgan fingerprint density at radius 3 is 2.64 bits per heavy atom. The number of rotatable bonds is 6. The van der Waals surface area contributed by atoms with Gasteiger partial charge in [0.15, 0.2) is 5.96 Å². The van der Waals surface area contributed by atoms with Gasteiger partial charge in [-0.15, -0.1) is 11.3 Å². The van der Waals surface area contributed by atoms with Gasteiger partial charge >= 0.3 is 0 Å². The minimum Gasteiger partial charge on any atom is -0.376 e. The predicted octanol–water partition coefficient (Wildman–Crippen LogP) is 3.46. The lowest BCUT2D eigenvalue weighted by atomic mass is 10.1. The maximum Gasteiger partial charge on any atom is 0.191 e. The molecule has 2 N–H and O–H groups in total. The maximum atomic E-state index is 5.98. The van der Waals surface area contributed by atoms with E-state index in [-0.39, 0.29) is 0 Å². The van der Waals surface area contributed by atoms with Gasteiger partial charge in [-0.3, -0.25) is 4.99 Å². The van der Waals surface area contributed by atoms with Crippen molar-refractivity contribution in [3.63, 3.8) is 0 Å². The standard InChI is InChI=1S/C17H29N3OS/c1-14-9-10-16(22-14)13-20-17(18-2)19-11-12-21-15-7-5-3-4-6-8-15/h9-10,15H,3-8,11-13H2,1-2H3,(H2,18,19,20). The molecule has 124 valence electrons. The van der Waals surface area contributed by atoms with Crippen molar-refractivity contribution in [2.75, 3.05) is 20.2 Å². The minimum absolute atomic E-state index is 0.466. The van der Waals surface area contributed by atoms with Gasteiger partial charge < -0.3 is 15.4 Å². The Morgan fingerprint density at radius 2 is 2.00 bits per heavy atom. The number of nitrogens with zero attached hydrogens (tertiary/aromatic N) is 1. The molecule has 0 bridgehead atoms. The first-order valence-corrected chi connectivity index (χ1v) is 9.21. The molecule has 0 saturated heterocycles. The summed E-state index contributed by atoms with van der Waals surface area (Å²) in [6.07, 6.45) is 8.31. The first-order chi connectivity index (χ1) is 10.8. The van der Waals surface area contributed by atoms with Gasteiger partial charge in [0, 0.05) is 23.3 Å². The molecule has 0 radical (unpaired) electrons. The quantitative estimate of drug-likeness (QED) is 0.365. The van der Waals surface area contributed by atoms with Crippen molar-refractivity contribution in [1.82, 2.24) is 10.6 Å². The molecule has 0 atom stereocenters. The van der Waals surface area contributed by atoms with E-state index >= 15 is 0 Å². The van der Waals surface area contributed by atoms with Gasteiger partial charge in [0.05, 0.1) is 19.3 Å². The first-order valence-electron chi connectivity index (χ1n) is 8.39. The van der Waals surface area contributed by atoms with Crippen LogP contribution in [0.2, 0.25) is 0 Å². The fourth-order valence-corrected chi connectivity index (χ4v) is 3.61. The van der Waals surface area contributed by atoms with E-state index in [0.29, 0.717) is 6.10 Å². The lowest BCUT2D eigenvalue weighted by molar-refractivity contribution is 0.0468. The number of aryl methyl sites for hydroxylation is 1. The molecule has 4 nitrogen and oxygen atoms in total. The van der Waals surface area contributed by atoms with Crippen LogP contribution in [0.15, 0.2) is 17.1 Å². The highest BCUT2D eigenvalue weighted by atomic mass is 32.1. The van der Waals surface area contributed by atoms with Crippen molar-refractivity contribution in [2.45, 2.75) is 58.1 Å². The molecule has 0 unspecified atom stereocenters. The van der Waals surface area contributed by atoms with Crippen LogP contribution in [0.4, 0.5) is 0 Å². The number of hydrogen-bond acceptors (Lipinski definition) is 3. The number of ether oxygens (including phenoxy) is 1. The van der Waals surface area contributed by atoms with E-state index in [4.69, 9.17) is 4.74 Å². The third-order valence-electron chi connectivity index (χ3n) is 4.00. The summed E-state index contributed by atoms with van der Waals surface area (Å²) in [4.78, 5) is 6.93. The van der Waals surface area contributed by atoms with Crippen molar-refractivity contribution >= 4 is 17.3 Å². The highest BCUT2D eigenvalue weighted by Gasteiger charge is 2.12. The lowest BCUT2D eigenvalue weighted by Gasteiger charge is -2.16. The van der Waals surface area contributed by atoms with Crippen LogP contribution in [0.1, 0.15) is 48.3 Å². The molecule has 0 spiro atoms. The Balaban J connectivity index is 1.59. The van der Waals surface area contributed by atoms with E-state index < -0.39 is 0 Å². The van der Waals surface area contributed by atoms with Crippen molar-refractivity contribution in [3.05, 3.63) is 21.9 Å². The number of aliphatic imine (C=N–C) groups is 1. The predicted molar refractivity (Wildman–Crippen MR) is 94.7 cm³/mol. The van der Waals surface area contributed by atoms with Gasteiger partial charge in [-0.1, -0.05) is 25.7 Å². The smallest absolute Gasteiger partial charge is 0.191 e. The van der Waals surface area contributed by atoms with Crippen LogP contribution in [-0.2, 0) is 11.3 Å². The summed E-state index contributed by atoms with van der Waals surface area (Å²) < 4.78 is 5.98. The van der Waals surface area contributed by atoms with Crippen molar-refractivity contribution in [3.8, 4) is 0 Å². The Kier molecular flexibility index (Phi) is 7.74. The highest BCUT2D eigenvalue weighted by molar-refractivity contribution is 7.11. The second kappa shape index (κ2) is 9.85. The van der Waals surface area contributed by atoms with Crippen LogP contribution >= 0.6 is 11.3 Å². The topological polar surface area (TPSA) is 45.7 Å². The van der Waals surface area contributed by atoms with Gasteiger partial charge in [-0.05, 0) is 31.9 Å². The molecule has 0 aromatic carbocycles. The minimum atomic E-state index is 0.466. The van der Waals surface area contributed by atoms with E-state index in [1.54, 1.807) is 7.05 Å². The van der Waals surface area contributed by atoms with Crippen LogP contribution in [0.3, 0.4) is 0 Å².